The lowest BCUT2D eigenvalue weighted by Crippen LogP contribution is -2.48. The lowest BCUT2D eigenvalue weighted by atomic mass is 9.88. The van der Waals surface area contributed by atoms with Crippen LogP contribution in [0.5, 0.6) is 5.75 Å². The summed E-state index contributed by atoms with van der Waals surface area (Å²) in [5, 5.41) is 15.8. The number of amides is 2. The van der Waals surface area contributed by atoms with Gasteiger partial charge >= 0.3 is 0 Å². The average molecular weight is 635 g/mol. The molecule has 0 aliphatic carbocycles. The van der Waals surface area contributed by atoms with Crippen molar-refractivity contribution in [1.29, 1.82) is 0 Å². The second-order valence-corrected chi connectivity index (χ2v) is 12.2. The van der Waals surface area contributed by atoms with Crippen molar-refractivity contribution in [1.82, 2.24) is 10.2 Å². The van der Waals surface area contributed by atoms with Crippen molar-refractivity contribution < 1.29 is 14.7 Å². The molecule has 0 saturated carbocycles. The van der Waals surface area contributed by atoms with Crippen LogP contribution in [0.25, 0.3) is 11.1 Å². The third-order valence-electron chi connectivity index (χ3n) is 8.80. The van der Waals surface area contributed by atoms with Gasteiger partial charge in [-0.25, -0.2) is 0 Å². The van der Waals surface area contributed by atoms with Crippen molar-refractivity contribution in [3.8, 4) is 5.75 Å². The Morgan fingerprint density at radius 1 is 0.804 bits per heavy atom. The molecule has 7 nitrogen and oxygen atoms in total. The molecule has 4 aromatic carbocycles. The lowest BCUT2D eigenvalue weighted by Gasteiger charge is -2.36. The Kier molecular flexibility index (Phi) is 10.0. The minimum atomic E-state index is -0.401. The number of alkyl halides is 1. The molecule has 2 amide bonds. The highest BCUT2D eigenvalue weighted by Crippen LogP contribution is 2.36. The van der Waals surface area contributed by atoms with Crippen LogP contribution in [0.2, 0.25) is 0 Å². The number of carbonyl (C=O) groups excluding carboxylic acids is 2. The number of piperidine rings is 1. The van der Waals surface area contributed by atoms with Crippen molar-refractivity contribution >= 4 is 45.9 Å². The molecule has 8 heteroatoms. The van der Waals surface area contributed by atoms with Crippen LogP contribution in [0.1, 0.15) is 41.5 Å². The first-order valence-corrected chi connectivity index (χ1v) is 16.4. The molecular formula is C38H39ClN4O3. The Hall–Kier alpha value is -4.59. The van der Waals surface area contributed by atoms with E-state index in [9.17, 15) is 14.7 Å². The van der Waals surface area contributed by atoms with Gasteiger partial charge in [-0.1, -0.05) is 72.8 Å². The Morgan fingerprint density at radius 2 is 1.46 bits per heavy atom. The van der Waals surface area contributed by atoms with Gasteiger partial charge in [0.2, 0.25) is 11.8 Å². The maximum atomic E-state index is 12.3. The Bertz CT molecular complexity index is 1680. The first-order valence-electron chi connectivity index (χ1n) is 15.9. The van der Waals surface area contributed by atoms with Crippen LogP contribution in [-0.2, 0) is 16.1 Å². The summed E-state index contributed by atoms with van der Waals surface area (Å²) in [7, 11) is 0. The number of benzene rings is 4. The minimum absolute atomic E-state index is 0.207. The number of para-hydroxylation sites is 1. The van der Waals surface area contributed by atoms with Crippen molar-refractivity contribution in [2.45, 2.75) is 31.8 Å². The van der Waals surface area contributed by atoms with Gasteiger partial charge in [-0.2, -0.15) is 0 Å². The van der Waals surface area contributed by atoms with E-state index in [1.54, 1.807) is 12.1 Å². The standard InChI is InChI=1S/C38H39ClN4O3/c39-21-20-33(27-6-2-1-3-7-27)37(29-12-16-32(44)17-13-29)28-10-14-31(15-11-28)43-24-22-42(23-25-43)26-30-8-4-5-9-34(30)40-35-18-19-36(45)41-38(35)46/h1-17,35,40,44H,18-26H2,(H,41,45,46). The van der Waals surface area contributed by atoms with E-state index >= 15 is 0 Å². The van der Waals surface area contributed by atoms with Crippen LogP contribution in [0.4, 0.5) is 11.4 Å². The maximum absolute atomic E-state index is 12.3. The second-order valence-electron chi connectivity index (χ2n) is 11.8. The van der Waals surface area contributed by atoms with Gasteiger partial charge in [-0.05, 0) is 76.6 Å². The number of aromatic hydroxyl groups is 1. The number of hydrogen-bond donors (Lipinski definition) is 3. The van der Waals surface area contributed by atoms with Gasteiger partial charge in [0.05, 0.1) is 0 Å². The predicted molar refractivity (Wildman–Crippen MR) is 186 cm³/mol. The van der Waals surface area contributed by atoms with Crippen LogP contribution < -0.4 is 15.5 Å². The number of imide groups is 1. The Morgan fingerprint density at radius 3 is 2.13 bits per heavy atom. The summed E-state index contributed by atoms with van der Waals surface area (Å²) in [4.78, 5) is 28.8. The van der Waals surface area contributed by atoms with Crippen molar-refractivity contribution in [2.75, 3.05) is 42.3 Å². The van der Waals surface area contributed by atoms with Gasteiger partial charge < -0.3 is 15.3 Å². The fourth-order valence-electron chi connectivity index (χ4n) is 6.35. The van der Waals surface area contributed by atoms with E-state index in [4.69, 9.17) is 11.6 Å². The number of anilines is 2. The van der Waals surface area contributed by atoms with Crippen LogP contribution in [0, 0.1) is 0 Å². The highest BCUT2D eigenvalue weighted by atomic mass is 35.5. The van der Waals surface area contributed by atoms with Gasteiger partial charge in [-0.3, -0.25) is 19.8 Å². The van der Waals surface area contributed by atoms with Crippen LogP contribution >= 0.6 is 11.6 Å². The second kappa shape index (κ2) is 14.7. The molecule has 2 heterocycles. The number of halogens is 1. The van der Waals surface area contributed by atoms with Crippen LogP contribution in [0.3, 0.4) is 0 Å². The molecule has 0 aromatic heterocycles. The first-order chi connectivity index (χ1) is 22.5. The quantitative estimate of drug-likeness (QED) is 0.105. The fourth-order valence-corrected chi connectivity index (χ4v) is 6.54. The van der Waals surface area contributed by atoms with Gasteiger partial charge in [0, 0.05) is 56.4 Å². The number of piperazine rings is 1. The summed E-state index contributed by atoms with van der Waals surface area (Å²) in [5.74, 6) is 0.282. The summed E-state index contributed by atoms with van der Waals surface area (Å²) < 4.78 is 0. The summed E-state index contributed by atoms with van der Waals surface area (Å²) in [6, 6.07) is 34.3. The highest BCUT2D eigenvalue weighted by Gasteiger charge is 2.27. The molecule has 1 atom stereocenters. The lowest BCUT2D eigenvalue weighted by molar-refractivity contribution is -0.133. The molecule has 6 rings (SSSR count). The molecule has 1 unspecified atom stereocenters. The molecule has 0 bridgehead atoms. The molecule has 0 spiro atoms. The van der Waals surface area contributed by atoms with Crippen LogP contribution in [-0.4, -0.2) is 59.9 Å². The number of allylic oxidation sites excluding steroid dienone is 1. The summed E-state index contributed by atoms with van der Waals surface area (Å²) in [5.41, 5.74) is 8.85. The summed E-state index contributed by atoms with van der Waals surface area (Å²) in [6.07, 6.45) is 1.57. The minimum Gasteiger partial charge on any atom is -0.508 e. The fraction of sp³-hybridized carbons (Fsp3) is 0.263. The number of hydrogen-bond acceptors (Lipinski definition) is 6. The third-order valence-corrected chi connectivity index (χ3v) is 8.99. The van der Waals surface area contributed by atoms with Crippen molar-refractivity contribution in [3.05, 3.63) is 125 Å². The Balaban J connectivity index is 1.15. The molecule has 2 saturated heterocycles. The van der Waals surface area contributed by atoms with Gasteiger partial charge in [0.15, 0.2) is 0 Å². The van der Waals surface area contributed by atoms with E-state index in [0.717, 1.165) is 72.7 Å². The van der Waals surface area contributed by atoms with Gasteiger partial charge in [0.1, 0.15) is 11.8 Å². The van der Waals surface area contributed by atoms with E-state index in [2.05, 4.69) is 62.9 Å². The molecule has 4 aromatic rings. The smallest absolute Gasteiger partial charge is 0.249 e. The highest BCUT2D eigenvalue weighted by molar-refractivity contribution is 6.18. The molecule has 3 N–H and O–H groups in total. The molecule has 2 fully saturated rings. The van der Waals surface area contributed by atoms with Gasteiger partial charge in [-0.15, -0.1) is 11.6 Å². The molecule has 0 radical (unpaired) electrons. The molecule has 236 valence electrons. The zero-order chi connectivity index (χ0) is 31.9. The Labute approximate surface area is 275 Å². The van der Waals surface area contributed by atoms with Crippen molar-refractivity contribution in [2.24, 2.45) is 0 Å². The average Bonchev–Trinajstić information content (AvgIpc) is 3.08. The number of carbonyl (C=O) groups is 2. The molecule has 2 aliphatic rings. The monoisotopic (exact) mass is 634 g/mol. The molecule has 46 heavy (non-hydrogen) atoms. The topological polar surface area (TPSA) is 84.9 Å². The molecular weight excluding hydrogens is 596 g/mol. The van der Waals surface area contributed by atoms with E-state index in [0.29, 0.717) is 18.7 Å². The van der Waals surface area contributed by atoms with E-state index < -0.39 is 6.04 Å². The first kappa shape index (κ1) is 31.4. The zero-order valence-electron chi connectivity index (χ0n) is 25.8. The molecule has 2 aliphatic heterocycles. The number of phenols is 1. The summed E-state index contributed by atoms with van der Waals surface area (Å²) in [6.45, 7) is 4.43. The van der Waals surface area contributed by atoms with Crippen LogP contribution in [0.15, 0.2) is 103 Å². The van der Waals surface area contributed by atoms with E-state index in [-0.39, 0.29) is 17.6 Å². The maximum Gasteiger partial charge on any atom is 0.249 e. The van der Waals surface area contributed by atoms with E-state index in [1.807, 2.05) is 48.5 Å². The number of nitrogens with zero attached hydrogens (tertiary/aromatic N) is 2. The predicted octanol–water partition coefficient (Wildman–Crippen LogP) is 6.52. The number of rotatable bonds is 10. The zero-order valence-corrected chi connectivity index (χ0v) is 26.5. The van der Waals surface area contributed by atoms with E-state index in [1.165, 1.54) is 11.3 Å². The number of phenolic OH excluding ortho intramolecular Hbond substituents is 1. The third kappa shape index (κ3) is 7.44. The van der Waals surface area contributed by atoms with Gasteiger partial charge in [0.25, 0.3) is 0 Å². The normalized spacial score (nSPS) is 17.8. The van der Waals surface area contributed by atoms with Crippen molar-refractivity contribution in [3.63, 3.8) is 0 Å². The largest absolute Gasteiger partial charge is 0.508 e. The SMILES string of the molecule is O=C1CCC(Nc2ccccc2CN2CCN(c3ccc(C(=C(CCCl)c4ccccc4)c4ccc(O)cc4)cc3)CC2)C(=O)N1. The summed E-state index contributed by atoms with van der Waals surface area (Å²) >= 11 is 6.33. The number of nitrogens with one attached hydrogen (secondary N) is 2.